The van der Waals surface area contributed by atoms with Crippen molar-refractivity contribution in [2.45, 2.75) is 31.7 Å². The second-order valence-corrected chi connectivity index (χ2v) is 12.6. The zero-order chi connectivity index (χ0) is 31.1. The van der Waals surface area contributed by atoms with Gasteiger partial charge in [-0.1, -0.05) is 12.1 Å². The number of piperidine rings is 1. The highest BCUT2D eigenvalue weighted by atomic mass is 16.2. The smallest absolute Gasteiger partial charge is 0.259 e. The maximum atomic E-state index is 14.0. The van der Waals surface area contributed by atoms with Gasteiger partial charge >= 0.3 is 0 Å². The van der Waals surface area contributed by atoms with E-state index in [0.29, 0.717) is 29.3 Å². The molecule has 2 aliphatic heterocycles. The average Bonchev–Trinajstić information content (AvgIpc) is 3.68. The predicted molar refractivity (Wildman–Crippen MR) is 183 cm³/mol. The molecule has 0 spiro atoms. The van der Waals surface area contributed by atoms with Gasteiger partial charge in [0.25, 0.3) is 5.91 Å². The van der Waals surface area contributed by atoms with Crippen LogP contribution in [-0.4, -0.2) is 84.2 Å². The predicted octanol–water partition coefficient (Wildman–Crippen LogP) is 4.31. The molecule has 2 N–H and O–H groups in total. The highest BCUT2D eigenvalue weighted by Gasteiger charge is 2.26. The molecule has 5 heterocycles. The molecule has 2 saturated heterocycles. The van der Waals surface area contributed by atoms with E-state index in [1.807, 2.05) is 66.5 Å². The molecule has 10 nitrogen and oxygen atoms in total. The second kappa shape index (κ2) is 12.1. The molecule has 0 radical (unpaired) electrons. The molecule has 0 saturated carbocycles. The van der Waals surface area contributed by atoms with E-state index in [1.165, 1.54) is 18.5 Å². The van der Waals surface area contributed by atoms with Crippen LogP contribution in [0.15, 0.2) is 65.5 Å². The Bertz CT molecular complexity index is 1910. The normalized spacial score (nSPS) is 16.2. The zero-order valence-electron chi connectivity index (χ0n) is 26.4. The van der Waals surface area contributed by atoms with Gasteiger partial charge < -0.3 is 29.9 Å². The number of nitrogens with zero attached hydrogens (tertiary/aromatic N) is 6. The van der Waals surface area contributed by atoms with Gasteiger partial charge in [0.2, 0.25) is 5.43 Å². The first-order valence-electron chi connectivity index (χ1n) is 16.1. The number of hydrogen-bond donors (Lipinski definition) is 2. The average molecular weight is 607 g/mol. The molecular weight excluding hydrogens is 564 g/mol. The number of hydrogen-bond acceptors (Lipinski definition) is 7. The SMILES string of the molecule is CN(C)c1ccc(NC2CCN(c3ccc4c(=O)c(C(=O)NCCN5CCCC5)c5n(C)c6ccccc6n5c4n3)CC2)cc1. The van der Waals surface area contributed by atoms with E-state index in [2.05, 4.69) is 49.6 Å². The number of rotatable bonds is 8. The van der Waals surface area contributed by atoms with Gasteiger partial charge in [-0.05, 0) is 87.3 Å². The van der Waals surface area contributed by atoms with Crippen LogP contribution in [0.25, 0.3) is 27.7 Å². The molecular formula is C35H42N8O2. The van der Waals surface area contributed by atoms with Crippen molar-refractivity contribution < 1.29 is 4.79 Å². The number of carbonyl (C=O) groups is 1. The van der Waals surface area contributed by atoms with E-state index >= 15 is 0 Å². The lowest BCUT2D eigenvalue weighted by Gasteiger charge is -2.33. The number of aryl methyl sites for hydroxylation is 1. The minimum atomic E-state index is -0.334. The summed E-state index contributed by atoms with van der Waals surface area (Å²) < 4.78 is 3.94. The molecule has 2 aliphatic rings. The highest BCUT2D eigenvalue weighted by Crippen LogP contribution is 2.28. The van der Waals surface area contributed by atoms with Crippen LogP contribution in [0, 0.1) is 0 Å². The Morgan fingerprint density at radius 3 is 2.36 bits per heavy atom. The number of fused-ring (bicyclic) bond motifs is 5. The van der Waals surface area contributed by atoms with Crippen LogP contribution < -0.4 is 25.9 Å². The van der Waals surface area contributed by atoms with Crippen LogP contribution in [0.2, 0.25) is 0 Å². The van der Waals surface area contributed by atoms with Gasteiger partial charge in [-0.3, -0.25) is 14.0 Å². The van der Waals surface area contributed by atoms with Crippen molar-refractivity contribution >= 4 is 50.8 Å². The lowest BCUT2D eigenvalue weighted by atomic mass is 10.0. The largest absolute Gasteiger partial charge is 0.382 e. The maximum Gasteiger partial charge on any atom is 0.259 e. The molecule has 0 bridgehead atoms. The van der Waals surface area contributed by atoms with Crippen molar-refractivity contribution in [2.75, 3.05) is 68.5 Å². The van der Waals surface area contributed by atoms with Crippen LogP contribution in [0.3, 0.4) is 0 Å². The monoisotopic (exact) mass is 606 g/mol. The van der Waals surface area contributed by atoms with Crippen molar-refractivity contribution in [1.82, 2.24) is 24.2 Å². The number of benzene rings is 2. The van der Waals surface area contributed by atoms with Crippen LogP contribution in [0.5, 0.6) is 0 Å². The van der Waals surface area contributed by atoms with Crippen LogP contribution >= 0.6 is 0 Å². The number of para-hydroxylation sites is 2. The third-order valence-corrected chi connectivity index (χ3v) is 9.49. The molecule has 45 heavy (non-hydrogen) atoms. The molecule has 0 aliphatic carbocycles. The molecule has 10 heteroatoms. The Hall–Kier alpha value is -4.57. The first kappa shape index (κ1) is 29.2. The summed E-state index contributed by atoms with van der Waals surface area (Å²) in [5, 5.41) is 7.19. The van der Waals surface area contributed by atoms with Gasteiger partial charge in [0.15, 0.2) is 5.65 Å². The van der Waals surface area contributed by atoms with Crippen LogP contribution in [-0.2, 0) is 7.05 Å². The van der Waals surface area contributed by atoms with Crippen LogP contribution in [0.4, 0.5) is 17.2 Å². The fraction of sp³-hybridized carbons (Fsp3) is 0.400. The van der Waals surface area contributed by atoms with Gasteiger partial charge in [-0.2, -0.15) is 0 Å². The number of anilines is 3. The molecule has 7 rings (SSSR count). The quantitative estimate of drug-likeness (QED) is 0.272. The molecule has 0 atom stereocenters. The van der Waals surface area contributed by atoms with Gasteiger partial charge in [-0.15, -0.1) is 0 Å². The Morgan fingerprint density at radius 2 is 1.64 bits per heavy atom. The summed E-state index contributed by atoms with van der Waals surface area (Å²) in [6.07, 6.45) is 4.36. The lowest BCUT2D eigenvalue weighted by molar-refractivity contribution is 0.0950. The summed E-state index contributed by atoms with van der Waals surface area (Å²) in [5.41, 5.74) is 5.21. The third-order valence-electron chi connectivity index (χ3n) is 9.49. The van der Waals surface area contributed by atoms with Crippen LogP contribution in [0.1, 0.15) is 36.0 Å². The number of imidazole rings is 1. The minimum absolute atomic E-state index is 0.169. The Kier molecular flexibility index (Phi) is 7.83. The van der Waals surface area contributed by atoms with E-state index in [9.17, 15) is 9.59 Å². The maximum absolute atomic E-state index is 14.0. The van der Waals surface area contributed by atoms with E-state index in [0.717, 1.165) is 68.1 Å². The summed E-state index contributed by atoms with van der Waals surface area (Å²) in [7, 11) is 6.01. The fourth-order valence-electron chi connectivity index (χ4n) is 6.98. The van der Waals surface area contributed by atoms with Crippen molar-refractivity contribution in [3.63, 3.8) is 0 Å². The number of pyridine rings is 2. The van der Waals surface area contributed by atoms with Crippen molar-refractivity contribution in [1.29, 1.82) is 0 Å². The summed E-state index contributed by atoms with van der Waals surface area (Å²) in [6, 6.07) is 20.7. The topological polar surface area (TPSA) is 90.1 Å². The fourth-order valence-corrected chi connectivity index (χ4v) is 6.98. The molecule has 2 fully saturated rings. The van der Waals surface area contributed by atoms with Crippen molar-refractivity contribution in [3.8, 4) is 0 Å². The molecule has 1 amide bonds. The van der Waals surface area contributed by atoms with Gasteiger partial charge in [-0.25, -0.2) is 4.98 Å². The van der Waals surface area contributed by atoms with E-state index in [-0.39, 0.29) is 16.9 Å². The number of nitrogens with one attached hydrogen (secondary N) is 2. The second-order valence-electron chi connectivity index (χ2n) is 12.6. The van der Waals surface area contributed by atoms with E-state index in [1.54, 1.807) is 0 Å². The van der Waals surface area contributed by atoms with Crippen molar-refractivity contribution in [3.05, 3.63) is 76.5 Å². The van der Waals surface area contributed by atoms with Gasteiger partial charge in [0.1, 0.15) is 17.0 Å². The first-order valence-corrected chi connectivity index (χ1v) is 16.1. The third kappa shape index (κ3) is 5.48. The molecule has 0 unspecified atom stereocenters. The Morgan fingerprint density at radius 1 is 0.933 bits per heavy atom. The number of carbonyl (C=O) groups excluding carboxylic acids is 1. The molecule has 234 valence electrons. The van der Waals surface area contributed by atoms with E-state index in [4.69, 9.17) is 4.98 Å². The first-order chi connectivity index (χ1) is 21.9. The molecule has 5 aromatic rings. The highest BCUT2D eigenvalue weighted by molar-refractivity contribution is 6.05. The minimum Gasteiger partial charge on any atom is -0.382 e. The summed E-state index contributed by atoms with van der Waals surface area (Å²) in [4.78, 5) is 39.6. The number of aromatic nitrogens is 3. The van der Waals surface area contributed by atoms with Crippen molar-refractivity contribution in [2.24, 2.45) is 7.05 Å². The Balaban J connectivity index is 1.18. The molecule has 2 aromatic carbocycles. The number of likely N-dealkylation sites (tertiary alicyclic amines) is 1. The summed E-state index contributed by atoms with van der Waals surface area (Å²) >= 11 is 0. The lowest BCUT2D eigenvalue weighted by Crippen LogP contribution is -2.39. The Labute approximate surface area is 263 Å². The summed E-state index contributed by atoms with van der Waals surface area (Å²) in [6.45, 7) is 5.15. The summed E-state index contributed by atoms with van der Waals surface area (Å²) in [5.74, 6) is 0.514. The van der Waals surface area contributed by atoms with Gasteiger partial charge in [0, 0.05) is 64.7 Å². The standard InChI is InChI=1S/C35H42N8O2/c1-39(2)26-12-10-24(11-13-26)37-25-16-21-42(22-17-25)30-15-14-27-32(44)31(34(45)36-18-23-41-19-6-7-20-41)35-40(3)28-8-4-5-9-29(28)43(35)33(27)38-30/h4-5,8-15,25,37H,6-7,16-23H2,1-3H3,(H,36,45). The van der Waals surface area contributed by atoms with E-state index < -0.39 is 0 Å². The van der Waals surface area contributed by atoms with Gasteiger partial charge in [0.05, 0.1) is 16.4 Å². The zero-order valence-corrected chi connectivity index (χ0v) is 26.4. The number of amides is 1. The molecule has 3 aromatic heterocycles.